The molecule has 0 aromatic rings. The van der Waals surface area contributed by atoms with E-state index in [0.717, 1.165) is 18.4 Å². The summed E-state index contributed by atoms with van der Waals surface area (Å²) in [5.41, 5.74) is 0.0127. The topological polar surface area (TPSA) is 21.8 Å². The third kappa shape index (κ3) is 2.32. The monoisotopic (exact) mass is 252 g/mol. The number of hydrogen-bond donors (Lipinski definition) is 0. The average Bonchev–Trinajstić information content (AvgIpc) is 2.98. The van der Waals surface area contributed by atoms with E-state index >= 15 is 0 Å². The molecule has 0 N–H and O–H groups in total. The number of fused-ring (bicyclic) bond motifs is 1. The molecule has 3 heteroatoms. The van der Waals surface area contributed by atoms with Gasteiger partial charge in [0.1, 0.15) is 11.4 Å². The van der Waals surface area contributed by atoms with Crippen LogP contribution in [0.2, 0.25) is 19.6 Å². The highest BCUT2D eigenvalue weighted by Crippen LogP contribution is 2.51. The van der Waals surface area contributed by atoms with E-state index in [4.69, 9.17) is 9.16 Å². The van der Waals surface area contributed by atoms with Crippen molar-refractivity contribution in [1.82, 2.24) is 0 Å². The summed E-state index contributed by atoms with van der Waals surface area (Å²) in [4.78, 5) is 0. The third-order valence-corrected chi connectivity index (χ3v) is 5.12. The molecule has 0 aromatic carbocycles. The Balaban J connectivity index is 1.82. The minimum atomic E-state index is -1.50. The Hall–Kier alpha value is -0.283. The summed E-state index contributed by atoms with van der Waals surface area (Å²) >= 11 is 0. The van der Waals surface area contributed by atoms with Crippen molar-refractivity contribution in [1.29, 1.82) is 0 Å². The Labute approximate surface area is 106 Å². The standard InChI is InChI=1S/C14H24O2Si/c1-17(2,3)16-13-8-11-6-4-5-7-12(11)9-14(13)10-15-14/h8,11-12H,4-7,9-10H2,1-3H3. The predicted molar refractivity (Wildman–Crippen MR) is 71.3 cm³/mol. The molecule has 0 bridgehead atoms. The van der Waals surface area contributed by atoms with E-state index in [9.17, 15) is 0 Å². The normalized spacial score (nSPS) is 40.8. The lowest BCUT2D eigenvalue weighted by Gasteiger charge is -2.38. The van der Waals surface area contributed by atoms with Gasteiger partial charge in [-0.3, -0.25) is 0 Å². The molecule has 2 nitrogen and oxygen atoms in total. The van der Waals surface area contributed by atoms with Gasteiger partial charge in [0.2, 0.25) is 8.32 Å². The fourth-order valence-electron chi connectivity index (χ4n) is 3.38. The van der Waals surface area contributed by atoms with Crippen molar-refractivity contribution in [2.75, 3.05) is 6.61 Å². The van der Waals surface area contributed by atoms with E-state index in [-0.39, 0.29) is 5.60 Å². The zero-order valence-corrected chi connectivity index (χ0v) is 12.3. The third-order valence-electron chi connectivity index (χ3n) is 4.28. The molecule has 1 aliphatic heterocycles. The van der Waals surface area contributed by atoms with Gasteiger partial charge in [-0.25, -0.2) is 0 Å². The van der Waals surface area contributed by atoms with Crippen molar-refractivity contribution in [3.63, 3.8) is 0 Å². The van der Waals surface area contributed by atoms with E-state index in [1.807, 2.05) is 0 Å². The second kappa shape index (κ2) is 3.85. The largest absolute Gasteiger partial charge is 0.545 e. The van der Waals surface area contributed by atoms with Crippen LogP contribution in [-0.4, -0.2) is 20.5 Å². The quantitative estimate of drug-likeness (QED) is 0.552. The zero-order chi connectivity index (χ0) is 12.1. The predicted octanol–water partition coefficient (Wildman–Crippen LogP) is 3.70. The molecule has 1 heterocycles. The summed E-state index contributed by atoms with van der Waals surface area (Å²) in [7, 11) is -1.50. The van der Waals surface area contributed by atoms with E-state index in [1.54, 1.807) is 0 Å². The van der Waals surface area contributed by atoms with Gasteiger partial charge in [-0.15, -0.1) is 0 Å². The first-order chi connectivity index (χ1) is 7.99. The van der Waals surface area contributed by atoms with Crippen LogP contribution in [-0.2, 0) is 9.16 Å². The summed E-state index contributed by atoms with van der Waals surface area (Å²) in [5.74, 6) is 2.82. The van der Waals surface area contributed by atoms with E-state index in [0.29, 0.717) is 0 Å². The van der Waals surface area contributed by atoms with Gasteiger partial charge < -0.3 is 9.16 Å². The fourth-order valence-corrected chi connectivity index (χ4v) is 4.30. The maximum atomic E-state index is 6.28. The van der Waals surface area contributed by atoms with E-state index in [1.165, 1.54) is 37.9 Å². The first kappa shape index (κ1) is 11.8. The average molecular weight is 252 g/mol. The van der Waals surface area contributed by atoms with Gasteiger partial charge in [0.15, 0.2) is 0 Å². The van der Waals surface area contributed by atoms with Crippen LogP contribution in [0.1, 0.15) is 32.1 Å². The second-order valence-corrected chi connectivity index (χ2v) is 11.4. The molecule has 3 unspecified atom stereocenters. The molecule has 3 rings (SSSR count). The number of hydrogen-bond acceptors (Lipinski definition) is 2. The Morgan fingerprint density at radius 1 is 1.29 bits per heavy atom. The molecule has 96 valence electrons. The summed E-state index contributed by atoms with van der Waals surface area (Å²) in [6.45, 7) is 7.68. The minimum Gasteiger partial charge on any atom is -0.545 e. The van der Waals surface area contributed by atoms with Crippen LogP contribution < -0.4 is 0 Å². The number of ether oxygens (including phenoxy) is 1. The highest BCUT2D eigenvalue weighted by Gasteiger charge is 2.55. The molecule has 0 radical (unpaired) electrons. The van der Waals surface area contributed by atoms with Gasteiger partial charge in [0.05, 0.1) is 6.61 Å². The van der Waals surface area contributed by atoms with Crippen molar-refractivity contribution in [3.05, 3.63) is 11.8 Å². The molecule has 1 saturated carbocycles. The van der Waals surface area contributed by atoms with E-state index < -0.39 is 8.32 Å². The molecular weight excluding hydrogens is 228 g/mol. The fraction of sp³-hybridized carbons (Fsp3) is 0.857. The maximum Gasteiger partial charge on any atom is 0.241 e. The van der Waals surface area contributed by atoms with Crippen molar-refractivity contribution < 1.29 is 9.16 Å². The van der Waals surface area contributed by atoms with Crippen molar-refractivity contribution in [2.45, 2.75) is 57.3 Å². The Morgan fingerprint density at radius 2 is 2.00 bits per heavy atom. The SMILES string of the molecule is C[Si](C)(C)OC1=CC2CCCCC2CC12CO2. The number of rotatable bonds is 2. The van der Waals surface area contributed by atoms with Crippen LogP contribution in [0.5, 0.6) is 0 Å². The lowest BCUT2D eigenvalue weighted by atomic mass is 9.70. The molecule has 0 aromatic heterocycles. The minimum absolute atomic E-state index is 0.0127. The Morgan fingerprint density at radius 3 is 2.65 bits per heavy atom. The van der Waals surface area contributed by atoms with E-state index in [2.05, 4.69) is 25.7 Å². The number of epoxide rings is 1. The van der Waals surface area contributed by atoms with Gasteiger partial charge in [-0.1, -0.05) is 12.8 Å². The van der Waals surface area contributed by atoms with Crippen LogP contribution in [0.25, 0.3) is 0 Å². The van der Waals surface area contributed by atoms with Gasteiger partial charge in [-0.2, -0.15) is 0 Å². The molecular formula is C14H24O2Si. The highest BCUT2D eigenvalue weighted by molar-refractivity contribution is 6.70. The molecule has 3 atom stereocenters. The summed E-state index contributed by atoms with van der Waals surface area (Å²) in [6, 6.07) is 0. The van der Waals surface area contributed by atoms with Gasteiger partial charge >= 0.3 is 0 Å². The summed E-state index contributed by atoms with van der Waals surface area (Å²) in [6.07, 6.45) is 9.21. The summed E-state index contributed by atoms with van der Waals surface area (Å²) < 4.78 is 12.1. The van der Waals surface area contributed by atoms with Crippen LogP contribution in [0.15, 0.2) is 11.8 Å². The van der Waals surface area contributed by atoms with Gasteiger partial charge in [0.25, 0.3) is 0 Å². The van der Waals surface area contributed by atoms with Crippen LogP contribution in [0, 0.1) is 11.8 Å². The molecule has 2 aliphatic carbocycles. The van der Waals surface area contributed by atoms with Crippen molar-refractivity contribution in [2.24, 2.45) is 11.8 Å². The zero-order valence-electron chi connectivity index (χ0n) is 11.3. The molecule has 3 aliphatic rings. The lowest BCUT2D eigenvalue weighted by Crippen LogP contribution is -2.37. The second-order valence-electron chi connectivity index (χ2n) is 6.94. The van der Waals surface area contributed by atoms with Crippen LogP contribution >= 0.6 is 0 Å². The first-order valence-corrected chi connectivity index (χ1v) is 10.4. The Kier molecular flexibility index (Phi) is 2.67. The molecule has 17 heavy (non-hydrogen) atoms. The lowest BCUT2D eigenvalue weighted by molar-refractivity contribution is 0.150. The van der Waals surface area contributed by atoms with Crippen molar-refractivity contribution >= 4 is 8.32 Å². The highest BCUT2D eigenvalue weighted by atomic mass is 28.4. The van der Waals surface area contributed by atoms with Crippen LogP contribution in [0.4, 0.5) is 0 Å². The molecule has 0 amide bonds. The summed E-state index contributed by atoms with van der Waals surface area (Å²) in [5, 5.41) is 0. The van der Waals surface area contributed by atoms with Gasteiger partial charge in [-0.05, 0) is 56.8 Å². The smallest absolute Gasteiger partial charge is 0.241 e. The molecule has 1 saturated heterocycles. The maximum absolute atomic E-state index is 6.28. The molecule has 1 spiro atoms. The number of allylic oxidation sites excluding steroid dienone is 1. The van der Waals surface area contributed by atoms with Gasteiger partial charge in [0, 0.05) is 0 Å². The molecule has 2 fully saturated rings. The van der Waals surface area contributed by atoms with Crippen LogP contribution in [0.3, 0.4) is 0 Å². The van der Waals surface area contributed by atoms with Crippen molar-refractivity contribution in [3.8, 4) is 0 Å². The Bertz CT molecular complexity index is 339. The first-order valence-electron chi connectivity index (χ1n) is 7.04.